The molecule has 0 fully saturated rings. The lowest BCUT2D eigenvalue weighted by molar-refractivity contribution is -0.125. The van der Waals surface area contributed by atoms with Gasteiger partial charge in [-0.05, 0) is 30.3 Å². The normalized spacial score (nSPS) is 12.2. The van der Waals surface area contributed by atoms with Crippen molar-refractivity contribution < 1.29 is 17.9 Å². The Bertz CT molecular complexity index is 1120. The maximum atomic E-state index is 12.5. The fraction of sp³-hybridized carbons (Fsp3) is 0.100. The molecule has 0 saturated carbocycles. The van der Waals surface area contributed by atoms with Crippen molar-refractivity contribution in [2.24, 2.45) is 0 Å². The standard InChI is InChI=1S/C20H18F3N7OS/c1-2-3-4-13(9-10-20(21,22)23)26-19-30-29-17(32-19)12-5-7-14(8-6-12)31-16-11-15(24)27-18(25)28-16/h2-9,11H,1,10H2,(H,26,30)(H4,24,25,27,28)/b4-3-,13-9+. The Morgan fingerprint density at radius 3 is 2.56 bits per heavy atom. The molecule has 2 aromatic heterocycles. The minimum atomic E-state index is -4.31. The third-order valence-corrected chi connectivity index (χ3v) is 4.59. The number of nitrogen functional groups attached to an aromatic ring is 2. The predicted molar refractivity (Wildman–Crippen MR) is 118 cm³/mol. The lowest BCUT2D eigenvalue weighted by Gasteiger charge is -2.06. The Kier molecular flexibility index (Phi) is 7.05. The first-order valence-electron chi connectivity index (χ1n) is 9.07. The second-order valence-electron chi connectivity index (χ2n) is 6.23. The molecule has 0 aliphatic rings. The number of alkyl halides is 3. The number of rotatable bonds is 8. The summed E-state index contributed by atoms with van der Waals surface area (Å²) in [4.78, 5) is 7.71. The first-order chi connectivity index (χ1) is 15.2. The van der Waals surface area contributed by atoms with Crippen LogP contribution in [0, 0.1) is 0 Å². The molecule has 0 bridgehead atoms. The van der Waals surface area contributed by atoms with Gasteiger partial charge in [-0.1, -0.05) is 36.1 Å². The molecule has 5 N–H and O–H groups in total. The van der Waals surface area contributed by atoms with E-state index < -0.39 is 12.6 Å². The van der Waals surface area contributed by atoms with Gasteiger partial charge in [-0.15, -0.1) is 10.2 Å². The second kappa shape index (κ2) is 9.92. The van der Waals surface area contributed by atoms with Crippen molar-refractivity contribution in [2.45, 2.75) is 12.6 Å². The van der Waals surface area contributed by atoms with Crippen LogP contribution in [0.4, 0.5) is 30.1 Å². The number of nitrogens with two attached hydrogens (primary N) is 2. The van der Waals surface area contributed by atoms with Gasteiger partial charge < -0.3 is 21.5 Å². The topological polar surface area (TPSA) is 125 Å². The number of nitrogens with one attached hydrogen (secondary N) is 1. The van der Waals surface area contributed by atoms with Crippen molar-refractivity contribution >= 4 is 28.2 Å². The number of hydrogen-bond donors (Lipinski definition) is 3. The highest BCUT2D eigenvalue weighted by atomic mass is 32.1. The van der Waals surface area contributed by atoms with E-state index in [1.807, 2.05) is 0 Å². The summed E-state index contributed by atoms with van der Waals surface area (Å²) < 4.78 is 43.2. The zero-order chi connectivity index (χ0) is 23.1. The molecule has 0 amide bonds. The summed E-state index contributed by atoms with van der Waals surface area (Å²) in [6.45, 7) is 3.52. The summed E-state index contributed by atoms with van der Waals surface area (Å²) in [5.41, 5.74) is 12.1. The van der Waals surface area contributed by atoms with E-state index in [0.29, 0.717) is 15.9 Å². The molecule has 12 heteroatoms. The maximum absolute atomic E-state index is 12.5. The van der Waals surface area contributed by atoms with Gasteiger partial charge in [0.15, 0.2) is 0 Å². The number of benzene rings is 1. The van der Waals surface area contributed by atoms with E-state index in [2.05, 4.69) is 32.1 Å². The summed E-state index contributed by atoms with van der Waals surface area (Å²) in [7, 11) is 0. The molecule has 2 heterocycles. The molecular formula is C20H18F3N7OS. The van der Waals surface area contributed by atoms with Gasteiger partial charge in [-0.3, -0.25) is 0 Å². The zero-order valence-corrected chi connectivity index (χ0v) is 17.3. The number of allylic oxidation sites excluding steroid dienone is 4. The van der Waals surface area contributed by atoms with Crippen molar-refractivity contribution in [1.29, 1.82) is 0 Å². The zero-order valence-electron chi connectivity index (χ0n) is 16.5. The first-order valence-corrected chi connectivity index (χ1v) is 9.88. The Morgan fingerprint density at radius 1 is 1.16 bits per heavy atom. The molecule has 3 rings (SSSR count). The largest absolute Gasteiger partial charge is 0.439 e. The van der Waals surface area contributed by atoms with E-state index in [1.54, 1.807) is 24.3 Å². The number of hydrogen-bond acceptors (Lipinski definition) is 9. The minimum absolute atomic E-state index is 0.00269. The van der Waals surface area contributed by atoms with Crippen molar-refractivity contribution in [3.8, 4) is 22.2 Å². The average Bonchev–Trinajstić information content (AvgIpc) is 3.18. The van der Waals surface area contributed by atoms with Crippen LogP contribution in [0.15, 0.2) is 66.9 Å². The van der Waals surface area contributed by atoms with Gasteiger partial charge in [-0.2, -0.15) is 23.1 Å². The lowest BCUT2D eigenvalue weighted by Crippen LogP contribution is -2.06. The molecule has 0 radical (unpaired) electrons. The minimum Gasteiger partial charge on any atom is -0.439 e. The number of aromatic nitrogens is 4. The van der Waals surface area contributed by atoms with Crippen LogP contribution in [0.5, 0.6) is 11.6 Å². The third-order valence-electron chi connectivity index (χ3n) is 3.71. The molecule has 0 atom stereocenters. The van der Waals surface area contributed by atoms with E-state index in [1.165, 1.54) is 35.6 Å². The first kappa shape index (κ1) is 22.7. The molecule has 0 aliphatic heterocycles. The van der Waals surface area contributed by atoms with Crippen LogP contribution in [0.25, 0.3) is 10.6 Å². The van der Waals surface area contributed by atoms with Crippen LogP contribution in [-0.4, -0.2) is 26.3 Å². The van der Waals surface area contributed by atoms with Crippen LogP contribution in [0.3, 0.4) is 0 Å². The van der Waals surface area contributed by atoms with E-state index in [-0.39, 0.29) is 23.3 Å². The molecule has 166 valence electrons. The SMILES string of the molecule is C=C/C=C\C(=C/CC(F)(F)F)Nc1nnc(-c2ccc(Oc3cc(N)nc(N)n3)cc2)s1. The van der Waals surface area contributed by atoms with Gasteiger partial charge in [0.2, 0.25) is 17.0 Å². The summed E-state index contributed by atoms with van der Waals surface area (Å²) in [6, 6.07) is 8.34. The molecule has 0 saturated heterocycles. The number of anilines is 3. The highest BCUT2D eigenvalue weighted by Crippen LogP contribution is 2.30. The molecule has 32 heavy (non-hydrogen) atoms. The molecule has 1 aromatic carbocycles. The van der Waals surface area contributed by atoms with Crippen LogP contribution in [0.2, 0.25) is 0 Å². The summed E-state index contributed by atoms with van der Waals surface area (Å²) in [5, 5.41) is 11.8. The van der Waals surface area contributed by atoms with Gasteiger partial charge in [-0.25, -0.2) is 0 Å². The van der Waals surface area contributed by atoms with Gasteiger partial charge in [0.1, 0.15) is 16.6 Å². The molecule has 0 aliphatic carbocycles. The van der Waals surface area contributed by atoms with Crippen molar-refractivity contribution in [3.63, 3.8) is 0 Å². The van der Waals surface area contributed by atoms with E-state index in [9.17, 15) is 13.2 Å². The van der Waals surface area contributed by atoms with Gasteiger partial charge in [0.25, 0.3) is 0 Å². The summed E-state index contributed by atoms with van der Waals surface area (Å²) >= 11 is 1.19. The van der Waals surface area contributed by atoms with E-state index in [4.69, 9.17) is 16.2 Å². The summed E-state index contributed by atoms with van der Waals surface area (Å²) in [6.07, 6.45) is 0.0947. The van der Waals surface area contributed by atoms with Gasteiger partial charge in [0.05, 0.1) is 6.42 Å². The molecule has 3 aromatic rings. The van der Waals surface area contributed by atoms with Crippen LogP contribution >= 0.6 is 11.3 Å². The maximum Gasteiger partial charge on any atom is 0.392 e. The van der Waals surface area contributed by atoms with Crippen molar-refractivity contribution in [3.05, 3.63) is 66.9 Å². The van der Waals surface area contributed by atoms with Crippen molar-refractivity contribution in [2.75, 3.05) is 16.8 Å². The smallest absolute Gasteiger partial charge is 0.392 e. The monoisotopic (exact) mass is 461 g/mol. The molecule has 8 nitrogen and oxygen atoms in total. The molecular weight excluding hydrogens is 443 g/mol. The Hall–Kier alpha value is -3.93. The van der Waals surface area contributed by atoms with E-state index >= 15 is 0 Å². The Morgan fingerprint density at radius 2 is 1.91 bits per heavy atom. The average molecular weight is 461 g/mol. The third kappa shape index (κ3) is 6.80. The quantitative estimate of drug-likeness (QED) is 0.403. The molecule has 0 spiro atoms. The van der Waals surface area contributed by atoms with Crippen molar-refractivity contribution in [1.82, 2.24) is 20.2 Å². The number of nitrogens with zero attached hydrogens (tertiary/aromatic N) is 4. The van der Waals surface area contributed by atoms with Crippen LogP contribution in [0.1, 0.15) is 6.42 Å². The fourth-order valence-corrected chi connectivity index (χ4v) is 3.14. The Balaban J connectivity index is 1.71. The highest BCUT2D eigenvalue weighted by Gasteiger charge is 2.25. The van der Waals surface area contributed by atoms with Crippen LogP contribution in [-0.2, 0) is 0 Å². The van der Waals surface area contributed by atoms with Gasteiger partial charge in [0, 0.05) is 17.3 Å². The van der Waals surface area contributed by atoms with Gasteiger partial charge >= 0.3 is 6.18 Å². The predicted octanol–water partition coefficient (Wildman–Crippen LogP) is 4.94. The van der Waals surface area contributed by atoms with E-state index in [0.717, 1.165) is 11.6 Å². The van der Waals surface area contributed by atoms with Crippen LogP contribution < -0.4 is 21.5 Å². The fourth-order valence-electron chi connectivity index (χ4n) is 2.37. The number of halogens is 3. The molecule has 0 unspecified atom stereocenters. The number of ether oxygens (including phenoxy) is 1. The second-order valence-corrected chi connectivity index (χ2v) is 7.20. The highest BCUT2D eigenvalue weighted by molar-refractivity contribution is 7.18. The lowest BCUT2D eigenvalue weighted by atomic mass is 10.2. The summed E-state index contributed by atoms with van der Waals surface area (Å²) in [5.74, 6) is 0.874. The Labute approximate surface area is 185 Å².